The van der Waals surface area contributed by atoms with Gasteiger partial charge in [0.15, 0.2) is 0 Å². The Kier molecular flexibility index (Phi) is 63.0. The first-order chi connectivity index (χ1) is 34.9. The van der Waals surface area contributed by atoms with Crippen LogP contribution in [-0.4, -0.2) is 35.3 Å². The summed E-state index contributed by atoms with van der Waals surface area (Å²) in [5.74, 6) is -2.54. The topological polar surface area (TPSA) is 120 Å². The van der Waals surface area contributed by atoms with Gasteiger partial charge >= 0.3 is 17.4 Å². The van der Waals surface area contributed by atoms with Crippen molar-refractivity contribution in [2.45, 2.75) is 390 Å². The van der Waals surface area contributed by atoms with Crippen molar-refractivity contribution in [1.82, 2.24) is 0 Å². The first-order valence-electron chi connectivity index (χ1n) is 32.5. The van der Waals surface area contributed by atoms with Crippen molar-refractivity contribution >= 4 is 35.3 Å². The van der Waals surface area contributed by atoms with Crippen molar-refractivity contribution in [1.29, 1.82) is 0 Å². The second-order valence-corrected chi connectivity index (χ2v) is 22.9. The van der Waals surface area contributed by atoms with E-state index in [0.29, 0.717) is 38.5 Å². The van der Waals surface area contributed by atoms with Crippen LogP contribution in [0.25, 0.3) is 0 Å². The monoisotopic (exact) mass is 1040 g/mol. The van der Waals surface area contributed by atoms with Crippen LogP contribution in [0.1, 0.15) is 390 Å². The number of hydrogen-bond acceptors (Lipinski definition) is 6. The van der Waals surface area contributed by atoms with E-state index in [1.54, 1.807) is 0 Å². The van der Waals surface area contributed by atoms with Gasteiger partial charge in [0.25, 0.3) is 0 Å². The molecule has 0 aromatic carbocycles. The zero-order valence-electron chi connectivity index (χ0n) is 51.1. The average molecular weight is 1050 g/mol. The molecule has 0 spiro atoms. The van der Waals surface area contributed by atoms with Crippen molar-refractivity contribution in [3.63, 3.8) is 0 Å². The van der Waals surface area contributed by atoms with Crippen LogP contribution >= 0.6 is 0 Å². The Hall–Kier alpha value is -1.06. The molecule has 73 heavy (non-hydrogen) atoms. The minimum absolute atomic E-state index is 0. The molecule has 0 aliphatic carbocycles. The molecule has 0 N–H and O–H groups in total. The number of unbranched alkanes of at least 4 members (excludes halogenated alkanes) is 39. The number of carbonyl (C=O) groups is 3. The predicted octanol–water partition coefficient (Wildman–Crippen LogP) is 18.9. The van der Waals surface area contributed by atoms with Gasteiger partial charge < -0.3 is 29.7 Å². The molecule has 0 saturated carbocycles. The number of rotatable bonds is 54. The molecule has 6 nitrogen and oxygen atoms in total. The third-order valence-electron chi connectivity index (χ3n) is 17.4. The molecule has 0 aromatic heterocycles. The van der Waals surface area contributed by atoms with Gasteiger partial charge in [-0.3, -0.25) is 0 Å². The molecule has 0 atom stereocenters. The summed E-state index contributed by atoms with van der Waals surface area (Å²) >= 11 is 0. The molecule has 0 radical (unpaired) electrons. The van der Waals surface area contributed by atoms with E-state index in [4.69, 9.17) is 0 Å². The Labute approximate surface area is 468 Å². The molecule has 0 amide bonds. The number of aliphatic carboxylic acids is 3. The molecular weight excluding hydrogens is 916 g/mol. The van der Waals surface area contributed by atoms with E-state index in [9.17, 15) is 29.7 Å². The maximum absolute atomic E-state index is 11.3. The van der Waals surface area contributed by atoms with Gasteiger partial charge in [-0.1, -0.05) is 332 Å². The normalized spacial score (nSPS) is 11.6. The molecule has 0 aromatic rings. The zero-order chi connectivity index (χ0) is 54.3. The van der Waals surface area contributed by atoms with Crippen molar-refractivity contribution in [2.24, 2.45) is 16.2 Å². The van der Waals surface area contributed by atoms with Crippen LogP contribution in [0.3, 0.4) is 0 Å². The second-order valence-electron chi connectivity index (χ2n) is 22.9. The Morgan fingerprint density at radius 3 is 0.425 bits per heavy atom. The first-order valence-corrected chi connectivity index (χ1v) is 32.5. The van der Waals surface area contributed by atoms with Crippen LogP contribution in [0.4, 0.5) is 0 Å². The Morgan fingerprint density at radius 2 is 0.329 bits per heavy atom. The molecule has 7 heteroatoms. The third kappa shape index (κ3) is 45.7. The summed E-state index contributed by atoms with van der Waals surface area (Å²) in [5, 5.41) is 34.0. The Balaban J connectivity index is -0.000000486. The second kappa shape index (κ2) is 58.6. The summed E-state index contributed by atoms with van der Waals surface area (Å²) in [4.78, 5) is 34.0. The minimum atomic E-state index is -0.845. The largest absolute Gasteiger partial charge is 3.00 e. The molecule has 0 saturated heterocycles. The number of carboxylic acids is 3. The van der Waals surface area contributed by atoms with Gasteiger partial charge in [0.1, 0.15) is 0 Å². The number of hydrogen-bond donors (Lipinski definition) is 0. The van der Waals surface area contributed by atoms with Gasteiger partial charge in [-0.05, 0) is 57.8 Å². The van der Waals surface area contributed by atoms with Crippen LogP contribution in [0.5, 0.6) is 0 Å². The van der Waals surface area contributed by atoms with Gasteiger partial charge in [0.2, 0.25) is 0 Å². The van der Waals surface area contributed by atoms with Crippen LogP contribution in [0, 0.1) is 16.2 Å². The summed E-state index contributed by atoms with van der Waals surface area (Å²) in [6.07, 6.45) is 62.8. The predicted molar refractivity (Wildman–Crippen MR) is 315 cm³/mol. The summed E-state index contributed by atoms with van der Waals surface area (Å²) in [5.41, 5.74) is -1.72. The zero-order valence-corrected chi connectivity index (χ0v) is 52.2. The third-order valence-corrected chi connectivity index (χ3v) is 17.4. The maximum Gasteiger partial charge on any atom is 3.00 e. The van der Waals surface area contributed by atoms with Crippen molar-refractivity contribution in [3.05, 3.63) is 0 Å². The van der Waals surface area contributed by atoms with Gasteiger partial charge in [0.05, 0.1) is 0 Å². The molecule has 0 heterocycles. The molecule has 432 valence electrons. The van der Waals surface area contributed by atoms with Gasteiger partial charge in [0, 0.05) is 34.2 Å². The number of carbonyl (C=O) groups excluding carboxylic acids is 3. The standard InChI is InChI=1S/3C22H44O2.Al/c3*1-4-7-8-9-10-11-12-13-14-15-16-17-18-19-20-22(5-2,6-3)21(23)24;/h3*4-20H2,1-3H3,(H,23,24);/q;;;+3/p-3. The van der Waals surface area contributed by atoms with Crippen molar-refractivity contribution in [3.8, 4) is 0 Å². The molecular formula is C66H129AlO6. The van der Waals surface area contributed by atoms with E-state index < -0.39 is 34.2 Å². The van der Waals surface area contributed by atoms with Crippen LogP contribution < -0.4 is 15.3 Å². The number of carboxylic acid groups (broad SMARTS) is 3. The van der Waals surface area contributed by atoms with Gasteiger partial charge in [-0.2, -0.15) is 0 Å². The summed E-state index contributed by atoms with van der Waals surface area (Å²) in [6.45, 7) is 18.7. The Morgan fingerprint density at radius 1 is 0.219 bits per heavy atom. The first kappa shape index (κ1) is 78.4. The summed E-state index contributed by atoms with van der Waals surface area (Å²) < 4.78 is 0. The fraction of sp³-hybridized carbons (Fsp3) is 0.955. The molecule has 0 rings (SSSR count). The van der Waals surface area contributed by atoms with E-state index in [2.05, 4.69) is 20.8 Å². The van der Waals surface area contributed by atoms with E-state index in [-0.39, 0.29) is 17.4 Å². The summed E-state index contributed by atoms with van der Waals surface area (Å²) in [6, 6.07) is 0. The minimum Gasteiger partial charge on any atom is -0.550 e. The SMILES string of the molecule is CCCCCCCCCCCCCCCCC(CC)(CC)C(=O)[O-].CCCCCCCCCCCCCCCCC(CC)(CC)C(=O)[O-].CCCCCCCCCCCCCCCCC(CC)(CC)C(=O)[O-].[Al+3]. The average Bonchev–Trinajstić information content (AvgIpc) is 3.38. The van der Waals surface area contributed by atoms with Crippen LogP contribution in [0.15, 0.2) is 0 Å². The van der Waals surface area contributed by atoms with Crippen molar-refractivity contribution < 1.29 is 29.7 Å². The van der Waals surface area contributed by atoms with Crippen LogP contribution in [0.2, 0.25) is 0 Å². The van der Waals surface area contributed by atoms with E-state index in [0.717, 1.165) is 38.5 Å². The summed E-state index contributed by atoms with van der Waals surface area (Å²) in [7, 11) is 0. The quantitative estimate of drug-likeness (QED) is 0.0442. The van der Waals surface area contributed by atoms with E-state index >= 15 is 0 Å². The van der Waals surface area contributed by atoms with E-state index in [1.807, 2.05) is 41.5 Å². The van der Waals surface area contributed by atoms with Gasteiger partial charge in [-0.25, -0.2) is 0 Å². The fourth-order valence-corrected chi connectivity index (χ4v) is 11.0. The van der Waals surface area contributed by atoms with Gasteiger partial charge in [-0.15, -0.1) is 0 Å². The molecule has 0 bridgehead atoms. The molecule has 0 unspecified atom stereocenters. The Bertz CT molecular complexity index is 991. The smallest absolute Gasteiger partial charge is 0.550 e. The van der Waals surface area contributed by atoms with Crippen LogP contribution in [-0.2, 0) is 14.4 Å². The van der Waals surface area contributed by atoms with E-state index in [1.165, 1.54) is 250 Å². The molecule has 0 aliphatic rings. The molecule has 0 aliphatic heterocycles. The van der Waals surface area contributed by atoms with Crippen molar-refractivity contribution in [2.75, 3.05) is 0 Å². The molecule has 0 fully saturated rings. The fourth-order valence-electron chi connectivity index (χ4n) is 11.0. The maximum atomic E-state index is 11.3.